The van der Waals surface area contributed by atoms with Gasteiger partial charge in [-0.25, -0.2) is 9.59 Å². The fourth-order valence-electron chi connectivity index (χ4n) is 2.64. The van der Waals surface area contributed by atoms with Crippen LogP contribution in [0.15, 0.2) is 11.6 Å². The predicted octanol–water partition coefficient (Wildman–Crippen LogP) is 2.91. The number of likely N-dealkylation sites (N-methyl/N-ethyl adjacent to an activating group) is 1. The summed E-state index contributed by atoms with van der Waals surface area (Å²) in [7, 11) is 3.10. The molecule has 0 aromatic rings. The summed E-state index contributed by atoms with van der Waals surface area (Å²) in [6.45, 7) is 14.5. The van der Waals surface area contributed by atoms with Gasteiger partial charge in [-0.15, -0.1) is 0 Å². The lowest BCUT2D eigenvalue weighted by Crippen LogP contribution is -2.56. The molecule has 3 atom stereocenters. The van der Waals surface area contributed by atoms with E-state index in [-0.39, 0.29) is 24.5 Å². The van der Waals surface area contributed by atoms with Crippen molar-refractivity contribution in [1.29, 1.82) is 0 Å². The maximum Gasteiger partial charge on any atom is 0.408 e. The normalized spacial score (nSPS) is 15.3. The number of ether oxygens (including phenoxy) is 3. The topological polar surface area (TPSA) is 94.2 Å². The molecule has 8 heteroatoms. The zero-order valence-corrected chi connectivity index (χ0v) is 19.5. The molecule has 168 valence electrons. The van der Waals surface area contributed by atoms with Crippen molar-refractivity contribution in [3.05, 3.63) is 11.6 Å². The molecule has 0 aliphatic rings. The molecule has 2 amide bonds. The molecule has 0 fully saturated rings. The van der Waals surface area contributed by atoms with Gasteiger partial charge in [0.05, 0.1) is 18.8 Å². The van der Waals surface area contributed by atoms with Crippen LogP contribution in [-0.4, -0.2) is 67.4 Å². The minimum atomic E-state index is -0.947. The zero-order chi connectivity index (χ0) is 22.9. The molecule has 1 N–H and O–H groups in total. The highest BCUT2D eigenvalue weighted by atomic mass is 16.6. The highest BCUT2D eigenvalue weighted by Gasteiger charge is 2.34. The summed E-state index contributed by atoms with van der Waals surface area (Å²) in [5.41, 5.74) is -0.276. The Hall–Kier alpha value is -2.09. The van der Waals surface area contributed by atoms with E-state index >= 15 is 0 Å². The first-order chi connectivity index (χ1) is 13.2. The lowest BCUT2D eigenvalue weighted by Gasteiger charge is -2.34. The summed E-state index contributed by atoms with van der Waals surface area (Å²) >= 11 is 0. The van der Waals surface area contributed by atoms with E-state index in [0.29, 0.717) is 5.57 Å². The fourth-order valence-corrected chi connectivity index (χ4v) is 2.64. The summed E-state index contributed by atoms with van der Waals surface area (Å²) in [6, 6.07) is -1.32. The lowest BCUT2D eigenvalue weighted by atomic mass is 9.98. The average Bonchev–Trinajstić information content (AvgIpc) is 2.60. The summed E-state index contributed by atoms with van der Waals surface area (Å²) in [6.07, 6.45) is 0.427. The second-order valence-electron chi connectivity index (χ2n) is 8.32. The van der Waals surface area contributed by atoms with Gasteiger partial charge in [0.25, 0.3) is 0 Å². The van der Waals surface area contributed by atoms with Crippen LogP contribution in [0.3, 0.4) is 0 Å². The SMILES string of the molecule is CCOC(=O)C(C)=C[C@H](C(C)C)N(C)C(=O)[C@@H](NC(=O)OC(C)(C)C)C(C)OC. The Balaban J connectivity index is 5.64. The second-order valence-corrected chi connectivity index (χ2v) is 8.32. The Morgan fingerprint density at radius 3 is 2.10 bits per heavy atom. The fraction of sp³-hybridized carbons (Fsp3) is 0.762. The maximum atomic E-state index is 13.2. The summed E-state index contributed by atoms with van der Waals surface area (Å²) in [5, 5.41) is 2.61. The summed E-state index contributed by atoms with van der Waals surface area (Å²) in [4.78, 5) is 38.9. The number of amides is 2. The quantitative estimate of drug-likeness (QED) is 0.460. The molecule has 0 bridgehead atoms. The number of carbonyl (C=O) groups is 3. The molecule has 0 aromatic heterocycles. The number of methoxy groups -OCH3 is 1. The third-order valence-electron chi connectivity index (χ3n) is 4.28. The summed E-state index contributed by atoms with van der Waals surface area (Å²) < 4.78 is 15.6. The molecule has 0 aromatic carbocycles. The van der Waals surface area contributed by atoms with E-state index in [9.17, 15) is 14.4 Å². The zero-order valence-electron chi connectivity index (χ0n) is 19.5. The van der Waals surface area contributed by atoms with Crippen LogP contribution in [0.2, 0.25) is 0 Å². The van der Waals surface area contributed by atoms with Gasteiger partial charge in [0, 0.05) is 19.7 Å². The van der Waals surface area contributed by atoms with E-state index in [1.807, 2.05) is 13.8 Å². The number of nitrogens with one attached hydrogen (secondary N) is 1. The smallest absolute Gasteiger partial charge is 0.408 e. The monoisotopic (exact) mass is 414 g/mol. The highest BCUT2D eigenvalue weighted by molar-refractivity contribution is 5.89. The van der Waals surface area contributed by atoms with Crippen molar-refractivity contribution < 1.29 is 28.6 Å². The van der Waals surface area contributed by atoms with Crippen molar-refractivity contribution in [2.75, 3.05) is 20.8 Å². The van der Waals surface area contributed by atoms with Gasteiger partial charge in [-0.1, -0.05) is 19.9 Å². The molecule has 0 saturated carbocycles. The average molecular weight is 415 g/mol. The minimum Gasteiger partial charge on any atom is -0.463 e. The van der Waals surface area contributed by atoms with E-state index in [1.165, 1.54) is 12.0 Å². The van der Waals surface area contributed by atoms with Crippen LogP contribution in [-0.2, 0) is 23.8 Å². The number of carbonyl (C=O) groups excluding carboxylic acids is 3. The first-order valence-corrected chi connectivity index (χ1v) is 9.89. The molecular formula is C21H38N2O6. The number of nitrogens with zero attached hydrogens (tertiary/aromatic N) is 1. The largest absolute Gasteiger partial charge is 0.463 e. The first kappa shape index (κ1) is 26.9. The van der Waals surface area contributed by atoms with Crippen molar-refractivity contribution in [1.82, 2.24) is 10.2 Å². The predicted molar refractivity (Wildman–Crippen MR) is 111 cm³/mol. The Bertz CT molecular complexity index is 594. The van der Waals surface area contributed by atoms with E-state index in [0.717, 1.165) is 0 Å². The van der Waals surface area contributed by atoms with Gasteiger partial charge in [0.15, 0.2) is 0 Å². The number of esters is 1. The third kappa shape index (κ3) is 9.30. The van der Waals surface area contributed by atoms with Crippen molar-refractivity contribution >= 4 is 18.0 Å². The second kappa shape index (κ2) is 11.8. The van der Waals surface area contributed by atoms with Crippen LogP contribution in [0.5, 0.6) is 0 Å². The molecule has 0 rings (SSSR count). The standard InChI is InChI=1S/C21H38N2O6/c1-11-28-19(25)14(4)12-16(13(2)3)23(9)18(24)17(15(5)27-10)22-20(26)29-21(6,7)8/h12-13,15-17H,11H2,1-10H3,(H,22,26)/t15?,16-,17+/m1/s1. The van der Waals surface area contributed by atoms with Crippen LogP contribution < -0.4 is 5.32 Å². The van der Waals surface area contributed by atoms with Crippen LogP contribution in [0.25, 0.3) is 0 Å². The third-order valence-corrected chi connectivity index (χ3v) is 4.28. The lowest BCUT2D eigenvalue weighted by molar-refractivity contribution is -0.139. The number of rotatable bonds is 9. The van der Waals surface area contributed by atoms with Gasteiger partial charge >= 0.3 is 12.1 Å². The molecule has 0 aliphatic carbocycles. The Labute approximate surface area is 174 Å². The van der Waals surface area contributed by atoms with Crippen molar-refractivity contribution in [3.8, 4) is 0 Å². The van der Waals surface area contributed by atoms with Gasteiger partial charge in [-0.3, -0.25) is 4.79 Å². The van der Waals surface area contributed by atoms with Gasteiger partial charge in [0.2, 0.25) is 5.91 Å². The number of alkyl carbamates (subject to hydrolysis) is 1. The van der Waals surface area contributed by atoms with Gasteiger partial charge in [-0.05, 0) is 47.5 Å². The van der Waals surface area contributed by atoms with Crippen LogP contribution in [0.1, 0.15) is 55.4 Å². The van der Waals surface area contributed by atoms with Crippen LogP contribution in [0, 0.1) is 5.92 Å². The van der Waals surface area contributed by atoms with Gasteiger partial charge in [-0.2, -0.15) is 0 Å². The van der Waals surface area contributed by atoms with Crippen LogP contribution in [0.4, 0.5) is 4.79 Å². The molecular weight excluding hydrogens is 376 g/mol. The molecule has 0 saturated heterocycles. The van der Waals surface area contributed by atoms with Gasteiger partial charge in [0.1, 0.15) is 11.6 Å². The van der Waals surface area contributed by atoms with Crippen molar-refractivity contribution in [2.45, 2.75) is 79.2 Å². The maximum absolute atomic E-state index is 13.2. The minimum absolute atomic E-state index is 0.0216. The molecule has 29 heavy (non-hydrogen) atoms. The highest BCUT2D eigenvalue weighted by Crippen LogP contribution is 2.17. The molecule has 0 heterocycles. The van der Waals surface area contributed by atoms with E-state index < -0.39 is 29.8 Å². The first-order valence-electron chi connectivity index (χ1n) is 9.89. The Morgan fingerprint density at radius 2 is 1.69 bits per heavy atom. The Kier molecular flexibility index (Phi) is 11.0. The Morgan fingerprint density at radius 1 is 1.14 bits per heavy atom. The van der Waals surface area contributed by atoms with Gasteiger partial charge < -0.3 is 24.4 Å². The molecule has 1 unspecified atom stereocenters. The van der Waals surface area contributed by atoms with Crippen LogP contribution >= 0.6 is 0 Å². The van der Waals surface area contributed by atoms with E-state index in [1.54, 1.807) is 54.7 Å². The molecule has 8 nitrogen and oxygen atoms in total. The summed E-state index contributed by atoms with van der Waals surface area (Å²) in [5.74, 6) is -0.752. The van der Waals surface area contributed by atoms with E-state index in [2.05, 4.69) is 5.32 Å². The van der Waals surface area contributed by atoms with Crippen molar-refractivity contribution in [2.24, 2.45) is 5.92 Å². The molecule has 0 aliphatic heterocycles. The number of hydrogen-bond donors (Lipinski definition) is 1. The van der Waals surface area contributed by atoms with Crippen molar-refractivity contribution in [3.63, 3.8) is 0 Å². The number of hydrogen-bond acceptors (Lipinski definition) is 6. The van der Waals surface area contributed by atoms with E-state index in [4.69, 9.17) is 14.2 Å². The molecule has 0 spiro atoms. The molecule has 0 radical (unpaired) electrons.